The summed E-state index contributed by atoms with van der Waals surface area (Å²) in [7, 11) is 3.42. The molecule has 1 aliphatic heterocycles. The number of nitrogens with zero attached hydrogens (tertiary/aromatic N) is 4. The molecule has 2 aromatic heterocycles. The van der Waals surface area contributed by atoms with Crippen molar-refractivity contribution in [2.45, 2.75) is 12.8 Å². The summed E-state index contributed by atoms with van der Waals surface area (Å²) in [4.78, 5) is 40.9. The van der Waals surface area contributed by atoms with Crippen LogP contribution in [0.15, 0.2) is 28.3 Å². The van der Waals surface area contributed by atoms with Crippen molar-refractivity contribution in [2.24, 2.45) is 13.0 Å². The number of hydrogen-bond acceptors (Lipinski definition) is 5. The Morgan fingerprint density at radius 1 is 1.31 bits per heavy atom. The zero-order valence-corrected chi connectivity index (χ0v) is 18.8. The summed E-state index contributed by atoms with van der Waals surface area (Å²) in [5.41, 5.74) is 0.547. The molecule has 0 spiro atoms. The van der Waals surface area contributed by atoms with Crippen LogP contribution in [0.25, 0.3) is 0 Å². The highest BCUT2D eigenvalue weighted by molar-refractivity contribution is 9.11. The van der Waals surface area contributed by atoms with Crippen LogP contribution in [0.3, 0.4) is 0 Å². The number of carbonyl (C=O) groups is 3. The van der Waals surface area contributed by atoms with Crippen molar-refractivity contribution >= 4 is 45.0 Å². The van der Waals surface area contributed by atoms with E-state index in [4.69, 9.17) is 0 Å². The Hall–Kier alpha value is -2.20. The number of aromatic nitrogens is 2. The van der Waals surface area contributed by atoms with E-state index < -0.39 is 0 Å². The van der Waals surface area contributed by atoms with Crippen molar-refractivity contribution in [3.05, 3.63) is 38.8 Å². The average Bonchev–Trinajstić information content (AvgIpc) is 3.34. The second kappa shape index (κ2) is 9.53. The first-order valence-corrected chi connectivity index (χ1v) is 11.0. The fraction of sp³-hybridized carbons (Fsp3) is 0.474. The number of likely N-dealkylation sites (N-methyl/N-ethyl adjacent to an activating group) is 1. The van der Waals surface area contributed by atoms with Gasteiger partial charge in [0.25, 0.3) is 11.8 Å². The number of rotatable bonds is 6. The molecule has 1 fully saturated rings. The van der Waals surface area contributed by atoms with E-state index in [0.717, 1.165) is 16.6 Å². The largest absolute Gasteiger partial charge is 0.352 e. The number of piperidine rings is 1. The topological polar surface area (TPSA) is 87.5 Å². The molecule has 0 saturated carbocycles. The molecule has 0 unspecified atom stereocenters. The number of aryl methyl sites for hydroxylation is 1. The highest BCUT2D eigenvalue weighted by Gasteiger charge is 2.25. The lowest BCUT2D eigenvalue weighted by Gasteiger charge is -2.33. The monoisotopic (exact) mass is 481 g/mol. The fourth-order valence-corrected chi connectivity index (χ4v) is 4.64. The van der Waals surface area contributed by atoms with Gasteiger partial charge in [-0.05, 0) is 46.8 Å². The van der Waals surface area contributed by atoms with Crippen LogP contribution < -0.4 is 5.32 Å². The van der Waals surface area contributed by atoms with E-state index in [1.54, 1.807) is 42.1 Å². The van der Waals surface area contributed by atoms with E-state index in [2.05, 4.69) is 26.3 Å². The normalized spacial score (nSPS) is 14.7. The van der Waals surface area contributed by atoms with Crippen molar-refractivity contribution in [1.29, 1.82) is 0 Å². The number of thiophene rings is 1. The van der Waals surface area contributed by atoms with Gasteiger partial charge >= 0.3 is 0 Å². The maximum absolute atomic E-state index is 12.6. The SMILES string of the molecule is CN(CC(=O)N1CCC(CNC(=O)c2cnn(C)c2)CC1)C(=O)c1ccc(Br)s1. The molecule has 0 atom stereocenters. The summed E-state index contributed by atoms with van der Waals surface area (Å²) in [5, 5.41) is 6.94. The number of likely N-dealkylation sites (tertiary alicyclic amines) is 1. The molecule has 0 aromatic carbocycles. The van der Waals surface area contributed by atoms with Gasteiger partial charge in [0.2, 0.25) is 5.91 Å². The minimum absolute atomic E-state index is 0.0469. The molecule has 2 aromatic rings. The molecule has 3 heterocycles. The van der Waals surface area contributed by atoms with Crippen molar-refractivity contribution in [3.8, 4) is 0 Å². The molecule has 0 bridgehead atoms. The fourth-order valence-electron chi connectivity index (χ4n) is 3.26. The van der Waals surface area contributed by atoms with Gasteiger partial charge in [-0.3, -0.25) is 19.1 Å². The molecule has 0 radical (unpaired) electrons. The van der Waals surface area contributed by atoms with E-state index in [1.807, 2.05) is 6.07 Å². The molecule has 1 N–H and O–H groups in total. The number of hydrogen-bond donors (Lipinski definition) is 1. The second-order valence-corrected chi connectivity index (χ2v) is 9.66. The van der Waals surface area contributed by atoms with Crippen LogP contribution >= 0.6 is 27.3 Å². The molecular weight excluding hydrogens is 458 g/mol. The molecule has 156 valence electrons. The molecular formula is C19H24BrN5O3S. The summed E-state index contributed by atoms with van der Waals surface area (Å²) in [6, 6.07) is 3.58. The summed E-state index contributed by atoms with van der Waals surface area (Å²) in [6.07, 6.45) is 4.88. The zero-order chi connectivity index (χ0) is 21.0. The van der Waals surface area contributed by atoms with Gasteiger partial charge in [0.1, 0.15) is 0 Å². The van der Waals surface area contributed by atoms with Crippen LogP contribution in [0.4, 0.5) is 0 Å². The van der Waals surface area contributed by atoms with Crippen LogP contribution in [0.5, 0.6) is 0 Å². The second-order valence-electron chi connectivity index (χ2n) is 7.20. The molecule has 3 amide bonds. The Kier molecular flexibility index (Phi) is 7.07. The third-order valence-electron chi connectivity index (χ3n) is 4.99. The lowest BCUT2D eigenvalue weighted by Crippen LogP contribution is -2.45. The van der Waals surface area contributed by atoms with Gasteiger partial charge in [0.15, 0.2) is 0 Å². The maximum Gasteiger partial charge on any atom is 0.264 e. The maximum atomic E-state index is 12.6. The third-order valence-corrected chi connectivity index (χ3v) is 6.60. The Morgan fingerprint density at radius 3 is 2.62 bits per heavy atom. The lowest BCUT2D eigenvalue weighted by atomic mass is 9.96. The Morgan fingerprint density at radius 2 is 2.03 bits per heavy atom. The number of carbonyl (C=O) groups excluding carboxylic acids is 3. The Labute approximate surface area is 182 Å². The molecule has 8 nitrogen and oxygen atoms in total. The summed E-state index contributed by atoms with van der Waals surface area (Å²) >= 11 is 4.70. The van der Waals surface area contributed by atoms with Gasteiger partial charge in [0.05, 0.1) is 27.0 Å². The predicted octanol–water partition coefficient (Wildman–Crippen LogP) is 1.98. The molecule has 10 heteroatoms. The average molecular weight is 482 g/mol. The van der Waals surface area contributed by atoms with Gasteiger partial charge in [-0.1, -0.05) is 0 Å². The number of halogens is 1. The van der Waals surface area contributed by atoms with Crippen molar-refractivity contribution in [2.75, 3.05) is 33.2 Å². The van der Waals surface area contributed by atoms with Crippen LogP contribution in [-0.2, 0) is 11.8 Å². The standard InChI is InChI=1S/C19H24BrN5O3S/c1-23(19(28)15-3-4-16(20)29-15)12-17(26)25-7-5-13(6-8-25)9-21-18(27)14-10-22-24(2)11-14/h3-4,10-11,13H,5-9,12H2,1-2H3,(H,21,27). The zero-order valence-electron chi connectivity index (χ0n) is 16.4. The molecule has 3 rings (SSSR count). The molecule has 1 aliphatic rings. The van der Waals surface area contributed by atoms with Crippen LogP contribution in [-0.4, -0.2) is 70.5 Å². The van der Waals surface area contributed by atoms with Gasteiger partial charge in [0, 0.05) is 39.9 Å². The first-order chi connectivity index (χ1) is 13.8. The first-order valence-electron chi connectivity index (χ1n) is 9.39. The van der Waals surface area contributed by atoms with Crippen molar-refractivity contribution in [3.63, 3.8) is 0 Å². The van der Waals surface area contributed by atoms with E-state index >= 15 is 0 Å². The summed E-state index contributed by atoms with van der Waals surface area (Å²) in [6.45, 7) is 1.93. The van der Waals surface area contributed by atoms with Crippen molar-refractivity contribution in [1.82, 2.24) is 24.9 Å². The minimum atomic E-state index is -0.151. The molecule has 0 aliphatic carbocycles. The van der Waals surface area contributed by atoms with E-state index in [1.165, 1.54) is 16.2 Å². The van der Waals surface area contributed by atoms with E-state index in [0.29, 0.717) is 36.0 Å². The Balaban J connectivity index is 1.41. The quantitative estimate of drug-likeness (QED) is 0.683. The summed E-state index contributed by atoms with van der Waals surface area (Å²) in [5.74, 6) is 0.0100. The van der Waals surface area contributed by atoms with Crippen LogP contribution in [0.2, 0.25) is 0 Å². The van der Waals surface area contributed by atoms with E-state index in [9.17, 15) is 14.4 Å². The van der Waals surface area contributed by atoms with Crippen LogP contribution in [0, 0.1) is 5.92 Å². The van der Waals surface area contributed by atoms with Gasteiger partial charge in [-0.25, -0.2) is 0 Å². The predicted molar refractivity (Wildman–Crippen MR) is 114 cm³/mol. The van der Waals surface area contributed by atoms with Gasteiger partial charge in [-0.2, -0.15) is 5.10 Å². The third kappa shape index (κ3) is 5.66. The Bertz CT molecular complexity index is 888. The molecule has 29 heavy (non-hydrogen) atoms. The number of nitrogens with one attached hydrogen (secondary N) is 1. The highest BCUT2D eigenvalue weighted by Crippen LogP contribution is 2.23. The smallest absolute Gasteiger partial charge is 0.264 e. The van der Waals surface area contributed by atoms with Gasteiger partial charge in [-0.15, -0.1) is 11.3 Å². The number of amides is 3. The van der Waals surface area contributed by atoms with Crippen molar-refractivity contribution < 1.29 is 14.4 Å². The first kappa shape index (κ1) is 21.5. The highest BCUT2D eigenvalue weighted by atomic mass is 79.9. The van der Waals surface area contributed by atoms with E-state index in [-0.39, 0.29) is 24.3 Å². The summed E-state index contributed by atoms with van der Waals surface area (Å²) < 4.78 is 2.48. The molecule has 1 saturated heterocycles. The van der Waals surface area contributed by atoms with Crippen LogP contribution in [0.1, 0.15) is 32.9 Å². The van der Waals surface area contributed by atoms with Gasteiger partial charge < -0.3 is 15.1 Å². The lowest BCUT2D eigenvalue weighted by molar-refractivity contribution is -0.133. The minimum Gasteiger partial charge on any atom is -0.352 e.